The van der Waals surface area contributed by atoms with Crippen LogP contribution in [-0.4, -0.2) is 30.2 Å². The number of halogens is 3. The second-order valence-corrected chi connectivity index (χ2v) is 5.28. The van der Waals surface area contributed by atoms with Crippen LogP contribution in [-0.2, 0) is 6.18 Å². The number of anilines is 2. The molecule has 0 N–H and O–H groups in total. The largest absolute Gasteiger partial charge is 0.489 e. The minimum absolute atomic E-state index is 0.0531. The second kappa shape index (κ2) is 6.94. The summed E-state index contributed by atoms with van der Waals surface area (Å²) < 4.78 is 49.2. The quantitative estimate of drug-likeness (QED) is 0.821. The van der Waals surface area contributed by atoms with Gasteiger partial charge in [-0.25, -0.2) is 4.98 Å². The van der Waals surface area contributed by atoms with Crippen LogP contribution in [0.2, 0.25) is 0 Å². The molecule has 0 unspecified atom stereocenters. The van der Waals surface area contributed by atoms with Crippen LogP contribution in [0.15, 0.2) is 30.5 Å². The molecular weight excluding hydrogens is 323 g/mol. The molecule has 2 rings (SSSR count). The number of hydrogen-bond acceptors (Lipinski definition) is 5. The van der Waals surface area contributed by atoms with Crippen LogP contribution in [0.5, 0.6) is 11.6 Å². The van der Waals surface area contributed by atoms with Crippen LogP contribution in [0.1, 0.15) is 19.4 Å². The van der Waals surface area contributed by atoms with Gasteiger partial charge in [0.25, 0.3) is 0 Å². The Labute approximate surface area is 138 Å². The van der Waals surface area contributed by atoms with E-state index in [9.17, 15) is 13.2 Å². The van der Waals surface area contributed by atoms with Gasteiger partial charge < -0.3 is 14.4 Å². The smallest absolute Gasteiger partial charge is 0.423 e. The minimum atomic E-state index is -4.58. The molecule has 130 valence electrons. The van der Waals surface area contributed by atoms with Crippen molar-refractivity contribution in [3.63, 3.8) is 0 Å². The van der Waals surface area contributed by atoms with E-state index in [2.05, 4.69) is 9.97 Å². The number of nitrogens with zero attached hydrogens (tertiary/aromatic N) is 3. The fourth-order valence-corrected chi connectivity index (χ4v) is 2.06. The van der Waals surface area contributed by atoms with E-state index in [1.807, 2.05) is 19.9 Å². The summed E-state index contributed by atoms with van der Waals surface area (Å²) in [5, 5.41) is 0. The third-order valence-corrected chi connectivity index (χ3v) is 3.13. The van der Waals surface area contributed by atoms with Gasteiger partial charge in [0.15, 0.2) is 0 Å². The number of para-hydroxylation sites is 2. The zero-order chi connectivity index (χ0) is 17.9. The van der Waals surface area contributed by atoms with E-state index >= 15 is 0 Å². The predicted molar refractivity (Wildman–Crippen MR) is 83.9 cm³/mol. The van der Waals surface area contributed by atoms with Crippen molar-refractivity contribution in [1.29, 1.82) is 0 Å². The summed E-state index contributed by atoms with van der Waals surface area (Å²) in [5.41, 5.74) is -0.387. The highest BCUT2D eigenvalue weighted by molar-refractivity contribution is 5.65. The maximum Gasteiger partial charge on any atom is 0.423 e. The van der Waals surface area contributed by atoms with Crippen LogP contribution in [0, 0.1) is 0 Å². The standard InChI is InChI=1S/C16H18F3N3O2/c1-10(2)24-13-8-6-5-7-12(13)22(3)15-20-9-11(16(17,18)19)14(21-15)23-4/h5-10H,1-4H3. The monoisotopic (exact) mass is 341 g/mol. The number of rotatable bonds is 5. The van der Waals surface area contributed by atoms with Crippen molar-refractivity contribution < 1.29 is 22.6 Å². The van der Waals surface area contributed by atoms with Crippen molar-refractivity contribution in [2.24, 2.45) is 0 Å². The zero-order valence-corrected chi connectivity index (χ0v) is 13.8. The van der Waals surface area contributed by atoms with Gasteiger partial charge in [-0.1, -0.05) is 12.1 Å². The first-order chi connectivity index (χ1) is 11.2. The highest BCUT2D eigenvalue weighted by Gasteiger charge is 2.36. The number of ether oxygens (including phenoxy) is 2. The topological polar surface area (TPSA) is 47.5 Å². The number of hydrogen-bond donors (Lipinski definition) is 0. The molecule has 1 aromatic heterocycles. The molecule has 24 heavy (non-hydrogen) atoms. The number of alkyl halides is 3. The SMILES string of the molecule is COc1nc(N(C)c2ccccc2OC(C)C)ncc1C(F)(F)F. The fraction of sp³-hybridized carbons (Fsp3) is 0.375. The molecule has 0 saturated carbocycles. The minimum Gasteiger partial charge on any atom is -0.489 e. The van der Waals surface area contributed by atoms with Crippen LogP contribution >= 0.6 is 0 Å². The van der Waals surface area contributed by atoms with Gasteiger partial charge in [-0.15, -0.1) is 0 Å². The molecule has 2 aromatic rings. The Morgan fingerprint density at radius 3 is 2.42 bits per heavy atom. The van der Waals surface area contributed by atoms with Gasteiger partial charge in [-0.05, 0) is 26.0 Å². The number of aromatic nitrogens is 2. The summed E-state index contributed by atoms with van der Waals surface area (Å²) in [4.78, 5) is 9.22. The van der Waals surface area contributed by atoms with Gasteiger partial charge in [0.05, 0.1) is 18.9 Å². The van der Waals surface area contributed by atoms with E-state index in [4.69, 9.17) is 9.47 Å². The summed E-state index contributed by atoms with van der Waals surface area (Å²) in [5.74, 6) is 0.124. The lowest BCUT2D eigenvalue weighted by Gasteiger charge is -2.22. The van der Waals surface area contributed by atoms with Crippen LogP contribution < -0.4 is 14.4 Å². The lowest BCUT2D eigenvalue weighted by Crippen LogP contribution is -2.18. The van der Waals surface area contributed by atoms with Gasteiger partial charge in [0.2, 0.25) is 11.8 Å². The van der Waals surface area contributed by atoms with Crippen molar-refractivity contribution in [2.45, 2.75) is 26.1 Å². The molecule has 1 heterocycles. The molecule has 0 aliphatic heterocycles. The Morgan fingerprint density at radius 2 is 1.83 bits per heavy atom. The molecule has 5 nitrogen and oxygen atoms in total. The second-order valence-electron chi connectivity index (χ2n) is 5.28. The molecular formula is C16H18F3N3O2. The molecule has 0 aliphatic carbocycles. The van der Waals surface area contributed by atoms with Crippen molar-refractivity contribution in [1.82, 2.24) is 9.97 Å². The first-order valence-corrected chi connectivity index (χ1v) is 7.21. The van der Waals surface area contributed by atoms with Gasteiger partial charge in [0.1, 0.15) is 11.3 Å². The van der Waals surface area contributed by atoms with Crippen molar-refractivity contribution in [3.05, 3.63) is 36.0 Å². The van der Waals surface area contributed by atoms with E-state index in [1.54, 1.807) is 30.1 Å². The average Bonchev–Trinajstić information content (AvgIpc) is 2.52. The summed E-state index contributed by atoms with van der Waals surface area (Å²) in [6.07, 6.45) is -3.92. The van der Waals surface area contributed by atoms with Crippen LogP contribution in [0.3, 0.4) is 0 Å². The highest BCUT2D eigenvalue weighted by atomic mass is 19.4. The van der Waals surface area contributed by atoms with E-state index in [-0.39, 0.29) is 12.1 Å². The van der Waals surface area contributed by atoms with Gasteiger partial charge >= 0.3 is 6.18 Å². The summed E-state index contributed by atoms with van der Waals surface area (Å²) in [6.45, 7) is 3.77. The van der Waals surface area contributed by atoms with Crippen LogP contribution in [0.4, 0.5) is 24.8 Å². The molecule has 0 saturated heterocycles. The van der Waals surface area contributed by atoms with Gasteiger partial charge in [0, 0.05) is 13.2 Å². The highest BCUT2D eigenvalue weighted by Crippen LogP contribution is 2.37. The number of benzene rings is 1. The summed E-state index contributed by atoms with van der Waals surface area (Å²) >= 11 is 0. The molecule has 0 atom stereocenters. The Balaban J connectivity index is 2.42. The first-order valence-electron chi connectivity index (χ1n) is 7.21. The molecule has 8 heteroatoms. The maximum absolute atomic E-state index is 12.9. The third kappa shape index (κ3) is 3.87. The van der Waals surface area contributed by atoms with Crippen molar-refractivity contribution in [3.8, 4) is 11.6 Å². The molecule has 0 spiro atoms. The van der Waals surface area contributed by atoms with Gasteiger partial charge in [-0.3, -0.25) is 0 Å². The lowest BCUT2D eigenvalue weighted by molar-refractivity contribution is -0.139. The van der Waals surface area contributed by atoms with E-state index in [0.29, 0.717) is 17.6 Å². The van der Waals surface area contributed by atoms with Crippen molar-refractivity contribution in [2.75, 3.05) is 19.1 Å². The molecule has 1 aromatic carbocycles. The number of methoxy groups -OCH3 is 1. The average molecular weight is 341 g/mol. The van der Waals surface area contributed by atoms with Gasteiger partial charge in [-0.2, -0.15) is 18.2 Å². The Hall–Kier alpha value is -2.51. The zero-order valence-electron chi connectivity index (χ0n) is 13.8. The third-order valence-electron chi connectivity index (χ3n) is 3.13. The summed E-state index contributed by atoms with van der Waals surface area (Å²) in [6, 6.07) is 7.14. The summed E-state index contributed by atoms with van der Waals surface area (Å²) in [7, 11) is 2.78. The maximum atomic E-state index is 12.9. The molecule has 0 aliphatic rings. The molecule has 0 bridgehead atoms. The lowest BCUT2D eigenvalue weighted by atomic mass is 10.2. The molecule has 0 fully saturated rings. The van der Waals surface area contributed by atoms with Crippen molar-refractivity contribution >= 4 is 11.6 Å². The molecule has 0 amide bonds. The normalized spacial score (nSPS) is 11.5. The Kier molecular flexibility index (Phi) is 5.16. The van der Waals surface area contributed by atoms with E-state index in [1.165, 1.54) is 0 Å². The van der Waals surface area contributed by atoms with Crippen LogP contribution in [0.25, 0.3) is 0 Å². The Bertz CT molecular complexity index is 705. The van der Waals surface area contributed by atoms with E-state index in [0.717, 1.165) is 7.11 Å². The fourth-order valence-electron chi connectivity index (χ4n) is 2.06. The first kappa shape index (κ1) is 17.8. The van der Waals surface area contributed by atoms with E-state index < -0.39 is 17.6 Å². The molecule has 0 radical (unpaired) electrons. The Morgan fingerprint density at radius 1 is 1.17 bits per heavy atom. The predicted octanol–water partition coefficient (Wildman–Crippen LogP) is 4.06.